The third-order valence-electron chi connectivity index (χ3n) is 5.77. The molecule has 1 fully saturated rings. The number of rotatable bonds is 6. The van der Waals surface area contributed by atoms with Gasteiger partial charge >= 0.3 is 0 Å². The summed E-state index contributed by atoms with van der Waals surface area (Å²) in [5.41, 5.74) is 2.32. The fourth-order valence-electron chi connectivity index (χ4n) is 3.89. The Balaban J connectivity index is 1.44. The number of likely N-dealkylation sites (tertiary alicyclic amines) is 1. The molecule has 1 atom stereocenters. The molecule has 0 spiro atoms. The first kappa shape index (κ1) is 20.6. The lowest BCUT2D eigenvalue weighted by Gasteiger charge is -2.37. The Hall–Kier alpha value is -2.63. The zero-order valence-electron chi connectivity index (χ0n) is 17.1. The maximum Gasteiger partial charge on any atom is 0.273 e. The first-order valence-corrected chi connectivity index (χ1v) is 10.8. The molecule has 1 saturated heterocycles. The minimum absolute atomic E-state index is 0.144. The Morgan fingerprint density at radius 2 is 1.87 bits per heavy atom. The van der Waals surface area contributed by atoms with Crippen molar-refractivity contribution in [1.29, 1.82) is 0 Å². The first-order chi connectivity index (χ1) is 14.6. The summed E-state index contributed by atoms with van der Waals surface area (Å²) in [6, 6.07) is 19.4. The van der Waals surface area contributed by atoms with Crippen molar-refractivity contribution < 1.29 is 9.32 Å². The van der Waals surface area contributed by atoms with Crippen molar-refractivity contribution in [3.63, 3.8) is 0 Å². The van der Waals surface area contributed by atoms with Gasteiger partial charge in [-0.05, 0) is 61.7 Å². The molecule has 3 aromatic rings. The average Bonchev–Trinajstić information content (AvgIpc) is 3.27. The Morgan fingerprint density at radius 3 is 2.57 bits per heavy atom. The molecule has 0 radical (unpaired) electrons. The molecule has 156 valence electrons. The van der Waals surface area contributed by atoms with Crippen molar-refractivity contribution in [3.8, 4) is 11.3 Å². The molecular formula is C24H26ClN3O2. The Labute approximate surface area is 182 Å². The van der Waals surface area contributed by atoms with Crippen molar-refractivity contribution in [2.75, 3.05) is 19.6 Å². The number of carbonyl (C=O) groups is 1. The molecule has 6 heteroatoms. The molecule has 2 aromatic carbocycles. The van der Waals surface area contributed by atoms with Gasteiger partial charge in [0.25, 0.3) is 5.91 Å². The van der Waals surface area contributed by atoms with Gasteiger partial charge in [-0.3, -0.25) is 9.69 Å². The summed E-state index contributed by atoms with van der Waals surface area (Å²) < 4.78 is 5.37. The van der Waals surface area contributed by atoms with E-state index in [1.165, 1.54) is 18.4 Å². The van der Waals surface area contributed by atoms with Gasteiger partial charge in [-0.2, -0.15) is 0 Å². The van der Waals surface area contributed by atoms with Crippen LogP contribution < -0.4 is 5.32 Å². The van der Waals surface area contributed by atoms with Crippen molar-refractivity contribution >= 4 is 17.5 Å². The van der Waals surface area contributed by atoms with Gasteiger partial charge in [0.05, 0.1) is 6.04 Å². The summed E-state index contributed by atoms with van der Waals surface area (Å²) in [6.07, 6.45) is 2.37. The van der Waals surface area contributed by atoms with E-state index in [-0.39, 0.29) is 17.6 Å². The maximum absolute atomic E-state index is 12.7. The number of nitrogens with zero attached hydrogens (tertiary/aromatic N) is 2. The zero-order valence-corrected chi connectivity index (χ0v) is 17.8. The normalized spacial score (nSPS) is 16.3. The van der Waals surface area contributed by atoms with E-state index in [0.717, 1.165) is 24.6 Å². The van der Waals surface area contributed by atoms with Crippen LogP contribution in [0.15, 0.2) is 65.2 Å². The molecule has 1 aliphatic heterocycles. The number of hydrogen-bond donors (Lipinski definition) is 1. The number of hydrogen-bond acceptors (Lipinski definition) is 4. The monoisotopic (exact) mass is 423 g/mol. The van der Waals surface area contributed by atoms with Crippen LogP contribution in [0.3, 0.4) is 0 Å². The lowest BCUT2D eigenvalue weighted by molar-refractivity contribution is 0.0904. The topological polar surface area (TPSA) is 58.4 Å². The molecule has 4 rings (SSSR count). The van der Waals surface area contributed by atoms with Crippen LogP contribution in [-0.4, -0.2) is 35.6 Å². The highest BCUT2D eigenvalue weighted by Crippen LogP contribution is 2.27. The molecule has 2 heterocycles. The van der Waals surface area contributed by atoms with E-state index in [1.807, 2.05) is 30.3 Å². The van der Waals surface area contributed by atoms with Crippen LogP contribution in [0.1, 0.15) is 41.9 Å². The lowest BCUT2D eigenvalue weighted by Crippen LogP contribution is -2.42. The molecule has 30 heavy (non-hydrogen) atoms. The SMILES string of the molecule is CC1CCN(C(CNC(=O)c2cc(-c3ccc(Cl)cc3)on2)c2ccccc2)CC1. The van der Waals surface area contributed by atoms with Crippen molar-refractivity contribution in [2.45, 2.75) is 25.8 Å². The molecule has 1 unspecified atom stereocenters. The number of aromatic nitrogens is 1. The van der Waals surface area contributed by atoms with E-state index >= 15 is 0 Å². The number of piperidine rings is 1. The number of carbonyl (C=O) groups excluding carboxylic acids is 1. The largest absolute Gasteiger partial charge is 0.355 e. The second-order valence-electron chi connectivity index (χ2n) is 7.94. The molecule has 1 aliphatic rings. The number of nitrogens with one attached hydrogen (secondary N) is 1. The van der Waals surface area contributed by atoms with Crippen LogP contribution in [-0.2, 0) is 0 Å². The molecule has 0 aliphatic carbocycles. The van der Waals surface area contributed by atoms with Crippen LogP contribution >= 0.6 is 11.6 Å². The van der Waals surface area contributed by atoms with Gasteiger partial charge in [0.15, 0.2) is 11.5 Å². The van der Waals surface area contributed by atoms with Gasteiger partial charge in [0, 0.05) is 23.2 Å². The highest BCUT2D eigenvalue weighted by atomic mass is 35.5. The first-order valence-electron chi connectivity index (χ1n) is 10.4. The van der Waals surface area contributed by atoms with Gasteiger partial charge in [-0.1, -0.05) is 54.0 Å². The predicted octanol–water partition coefficient (Wildman–Crippen LogP) is 5.20. The molecular weight excluding hydrogens is 398 g/mol. The number of amides is 1. The summed E-state index contributed by atoms with van der Waals surface area (Å²) in [6.45, 7) is 4.92. The van der Waals surface area contributed by atoms with E-state index in [0.29, 0.717) is 17.3 Å². The molecule has 1 aromatic heterocycles. The summed E-state index contributed by atoms with van der Waals surface area (Å²) >= 11 is 5.93. The van der Waals surface area contributed by atoms with Gasteiger partial charge in [-0.15, -0.1) is 0 Å². The van der Waals surface area contributed by atoms with Crippen molar-refractivity contribution in [2.24, 2.45) is 5.92 Å². The van der Waals surface area contributed by atoms with Gasteiger partial charge in [-0.25, -0.2) is 0 Å². The minimum atomic E-state index is -0.231. The summed E-state index contributed by atoms with van der Waals surface area (Å²) in [4.78, 5) is 15.2. The Morgan fingerprint density at radius 1 is 1.17 bits per heavy atom. The fourth-order valence-corrected chi connectivity index (χ4v) is 4.01. The predicted molar refractivity (Wildman–Crippen MR) is 118 cm³/mol. The average molecular weight is 424 g/mol. The van der Waals surface area contributed by atoms with E-state index in [4.69, 9.17) is 16.1 Å². The number of benzene rings is 2. The maximum atomic E-state index is 12.7. The van der Waals surface area contributed by atoms with Gasteiger partial charge in [0.1, 0.15) is 0 Å². The summed E-state index contributed by atoms with van der Waals surface area (Å²) in [5, 5.41) is 7.66. The van der Waals surface area contributed by atoms with Crippen LogP contribution in [0.5, 0.6) is 0 Å². The van der Waals surface area contributed by atoms with Crippen LogP contribution in [0, 0.1) is 5.92 Å². The minimum Gasteiger partial charge on any atom is -0.355 e. The third kappa shape index (κ3) is 4.91. The quantitative estimate of drug-likeness (QED) is 0.592. The molecule has 5 nitrogen and oxygen atoms in total. The molecule has 1 N–H and O–H groups in total. The highest BCUT2D eigenvalue weighted by molar-refractivity contribution is 6.30. The second kappa shape index (κ2) is 9.45. The summed E-state index contributed by atoms with van der Waals surface area (Å²) in [5.74, 6) is 1.07. The molecule has 0 saturated carbocycles. The lowest BCUT2D eigenvalue weighted by atomic mass is 9.95. The zero-order chi connectivity index (χ0) is 20.9. The second-order valence-corrected chi connectivity index (χ2v) is 8.37. The smallest absolute Gasteiger partial charge is 0.273 e. The van der Waals surface area contributed by atoms with Crippen LogP contribution in [0.2, 0.25) is 5.02 Å². The van der Waals surface area contributed by atoms with E-state index < -0.39 is 0 Å². The third-order valence-corrected chi connectivity index (χ3v) is 6.02. The highest BCUT2D eigenvalue weighted by Gasteiger charge is 2.25. The van der Waals surface area contributed by atoms with Crippen molar-refractivity contribution in [1.82, 2.24) is 15.4 Å². The molecule has 1 amide bonds. The van der Waals surface area contributed by atoms with E-state index in [2.05, 4.69) is 34.4 Å². The van der Waals surface area contributed by atoms with E-state index in [9.17, 15) is 4.79 Å². The van der Waals surface area contributed by atoms with Crippen LogP contribution in [0.4, 0.5) is 0 Å². The standard InChI is InChI=1S/C24H26ClN3O2/c1-17-11-13-28(14-12-17)22(18-5-3-2-4-6-18)16-26-24(29)21-15-23(30-27-21)19-7-9-20(25)10-8-19/h2-10,15,17,22H,11-14,16H2,1H3,(H,26,29). The van der Waals surface area contributed by atoms with Crippen molar-refractivity contribution in [3.05, 3.63) is 76.9 Å². The fraction of sp³-hybridized carbons (Fsp3) is 0.333. The molecule has 0 bridgehead atoms. The van der Waals surface area contributed by atoms with Crippen LogP contribution in [0.25, 0.3) is 11.3 Å². The number of halogens is 1. The van der Waals surface area contributed by atoms with E-state index in [1.54, 1.807) is 18.2 Å². The van der Waals surface area contributed by atoms with Gasteiger partial charge < -0.3 is 9.84 Å². The Kier molecular flexibility index (Phi) is 6.50. The van der Waals surface area contributed by atoms with Gasteiger partial charge in [0.2, 0.25) is 0 Å². The Bertz CT molecular complexity index is 964. The summed E-state index contributed by atoms with van der Waals surface area (Å²) in [7, 11) is 0.